The predicted octanol–water partition coefficient (Wildman–Crippen LogP) is 4.74. The fraction of sp³-hybridized carbons (Fsp3) is 0.0625. The number of thioether (sulfide) groups is 1. The molecule has 3 heterocycles. The van der Waals surface area contributed by atoms with Crippen molar-refractivity contribution < 1.29 is 0 Å². The van der Waals surface area contributed by atoms with Crippen molar-refractivity contribution in [2.45, 2.75) is 10.9 Å². The minimum Gasteiger partial charge on any atom is -0.277 e. The van der Waals surface area contributed by atoms with Crippen LogP contribution in [0.3, 0.4) is 0 Å². The minimum atomic E-state index is 0.784. The topological polar surface area (TPSA) is 43.6 Å². The molecule has 4 rings (SSSR count). The molecule has 0 aliphatic heterocycles. The molecule has 0 aliphatic rings. The molecule has 4 nitrogen and oxygen atoms in total. The number of nitrogens with zero attached hydrogens (tertiary/aromatic N) is 4. The third-order valence-corrected chi connectivity index (χ3v) is 5.82. The number of rotatable bonds is 5. The Balaban J connectivity index is 1.49. The fourth-order valence-electron chi connectivity index (χ4n) is 2.12. The lowest BCUT2D eigenvalue weighted by Crippen LogP contribution is -1.94. The largest absolute Gasteiger partial charge is 0.277 e. The van der Waals surface area contributed by atoms with E-state index in [1.165, 1.54) is 5.56 Å². The van der Waals surface area contributed by atoms with Crippen molar-refractivity contribution in [2.24, 2.45) is 0 Å². The number of thiazole rings is 1. The molecule has 0 radical (unpaired) electrons. The Hall–Kier alpha value is -1.96. The summed E-state index contributed by atoms with van der Waals surface area (Å²) in [6.45, 7) is 0. The molecule has 0 fully saturated rings. The second-order valence-electron chi connectivity index (χ2n) is 4.76. The molecule has 0 N–H and O–H groups in total. The van der Waals surface area contributed by atoms with Gasteiger partial charge in [0.05, 0.1) is 5.69 Å². The van der Waals surface area contributed by atoms with Crippen LogP contribution in [0.4, 0.5) is 0 Å². The Morgan fingerprint density at radius 2 is 2.00 bits per heavy atom. The monoisotopic (exact) mass is 356 g/mol. The molecule has 1 aromatic carbocycles. The third-order valence-electron chi connectivity index (χ3n) is 3.22. The standard InChI is InChI=1S/C16H12N4S3/c1-2-4-14(5-3-1)20-11-17-19-16(20)23-10-13-9-22-15(18-13)12-6-7-21-8-12/h1-9,11H,10H2. The summed E-state index contributed by atoms with van der Waals surface area (Å²) < 4.78 is 2.00. The summed E-state index contributed by atoms with van der Waals surface area (Å²) >= 11 is 5.03. The zero-order chi connectivity index (χ0) is 15.5. The molecule has 7 heteroatoms. The summed E-state index contributed by atoms with van der Waals surface area (Å²) in [6, 6.07) is 12.2. The summed E-state index contributed by atoms with van der Waals surface area (Å²) in [5.41, 5.74) is 3.34. The third kappa shape index (κ3) is 3.21. The molecule has 23 heavy (non-hydrogen) atoms. The lowest BCUT2D eigenvalue weighted by atomic mass is 10.3. The quantitative estimate of drug-likeness (QED) is 0.484. The SMILES string of the molecule is c1ccc(-n2cnnc2SCc2csc(-c3ccsc3)n2)cc1. The van der Waals surface area contributed by atoms with Crippen LogP contribution < -0.4 is 0 Å². The number of hydrogen-bond donors (Lipinski definition) is 0. The normalized spacial score (nSPS) is 11.0. The van der Waals surface area contributed by atoms with Crippen LogP contribution in [0, 0.1) is 0 Å². The van der Waals surface area contributed by atoms with Crippen molar-refractivity contribution in [3.63, 3.8) is 0 Å². The van der Waals surface area contributed by atoms with Crippen molar-refractivity contribution in [1.29, 1.82) is 0 Å². The van der Waals surface area contributed by atoms with E-state index in [1.807, 2.05) is 34.9 Å². The van der Waals surface area contributed by atoms with E-state index in [-0.39, 0.29) is 0 Å². The Labute approximate surface area is 145 Å². The van der Waals surface area contributed by atoms with Gasteiger partial charge in [0.2, 0.25) is 0 Å². The molecule has 4 aromatic rings. The molecule has 0 amide bonds. The average Bonchev–Trinajstić information content (AvgIpc) is 3.33. The van der Waals surface area contributed by atoms with Crippen LogP contribution in [0.1, 0.15) is 5.69 Å². The first-order chi connectivity index (χ1) is 11.4. The van der Waals surface area contributed by atoms with Gasteiger partial charge in [0.15, 0.2) is 5.16 Å². The van der Waals surface area contributed by atoms with Gasteiger partial charge in [0.1, 0.15) is 11.3 Å². The molecule has 0 bridgehead atoms. The van der Waals surface area contributed by atoms with E-state index in [2.05, 4.69) is 32.4 Å². The van der Waals surface area contributed by atoms with Gasteiger partial charge < -0.3 is 0 Å². The minimum absolute atomic E-state index is 0.784. The molecule has 0 aliphatic carbocycles. The van der Waals surface area contributed by atoms with Gasteiger partial charge in [-0.25, -0.2) is 4.98 Å². The summed E-state index contributed by atoms with van der Waals surface area (Å²) in [5.74, 6) is 0.784. The van der Waals surface area contributed by atoms with E-state index in [9.17, 15) is 0 Å². The van der Waals surface area contributed by atoms with E-state index in [4.69, 9.17) is 4.98 Å². The van der Waals surface area contributed by atoms with Gasteiger partial charge in [-0.15, -0.1) is 21.5 Å². The Kier molecular flexibility index (Phi) is 4.23. The Morgan fingerprint density at radius 1 is 1.09 bits per heavy atom. The van der Waals surface area contributed by atoms with Gasteiger partial charge in [0, 0.05) is 27.8 Å². The van der Waals surface area contributed by atoms with Crippen molar-refractivity contribution in [2.75, 3.05) is 0 Å². The van der Waals surface area contributed by atoms with Crippen LogP contribution in [0.2, 0.25) is 0 Å². The maximum Gasteiger partial charge on any atom is 0.195 e. The summed E-state index contributed by atoms with van der Waals surface area (Å²) in [6.07, 6.45) is 1.75. The first-order valence-electron chi connectivity index (χ1n) is 6.95. The maximum absolute atomic E-state index is 4.70. The lowest BCUT2D eigenvalue weighted by Gasteiger charge is -2.04. The number of benzene rings is 1. The lowest BCUT2D eigenvalue weighted by molar-refractivity contribution is 0.883. The summed E-state index contributed by atoms with van der Waals surface area (Å²) in [7, 11) is 0. The zero-order valence-electron chi connectivity index (χ0n) is 12.0. The summed E-state index contributed by atoms with van der Waals surface area (Å²) in [4.78, 5) is 4.70. The van der Waals surface area contributed by atoms with Crippen molar-refractivity contribution >= 4 is 34.4 Å². The Bertz CT molecular complexity index is 881. The maximum atomic E-state index is 4.70. The van der Waals surface area contributed by atoms with Crippen molar-refractivity contribution in [3.05, 3.63) is 64.6 Å². The second kappa shape index (κ2) is 6.66. The van der Waals surface area contributed by atoms with E-state index in [0.717, 1.165) is 27.3 Å². The average molecular weight is 357 g/mol. The second-order valence-corrected chi connectivity index (χ2v) is 7.34. The molecular formula is C16H12N4S3. The van der Waals surface area contributed by atoms with Gasteiger partial charge in [-0.3, -0.25) is 4.57 Å². The van der Waals surface area contributed by atoms with Gasteiger partial charge >= 0.3 is 0 Å². The van der Waals surface area contributed by atoms with Crippen LogP contribution in [-0.4, -0.2) is 19.7 Å². The number of aromatic nitrogens is 4. The zero-order valence-corrected chi connectivity index (χ0v) is 14.4. The van der Waals surface area contributed by atoms with Crippen LogP contribution in [-0.2, 0) is 5.75 Å². The van der Waals surface area contributed by atoms with E-state index in [0.29, 0.717) is 0 Å². The molecule has 0 saturated heterocycles. The molecule has 0 atom stereocenters. The van der Waals surface area contributed by atoms with Crippen LogP contribution in [0.25, 0.3) is 16.3 Å². The molecule has 114 valence electrons. The van der Waals surface area contributed by atoms with E-state index in [1.54, 1.807) is 40.8 Å². The van der Waals surface area contributed by atoms with E-state index < -0.39 is 0 Å². The van der Waals surface area contributed by atoms with Gasteiger partial charge in [-0.2, -0.15) is 11.3 Å². The van der Waals surface area contributed by atoms with Crippen LogP contribution >= 0.6 is 34.4 Å². The Morgan fingerprint density at radius 3 is 2.83 bits per heavy atom. The highest BCUT2D eigenvalue weighted by Crippen LogP contribution is 2.29. The van der Waals surface area contributed by atoms with Crippen molar-refractivity contribution in [3.8, 4) is 16.3 Å². The van der Waals surface area contributed by atoms with Crippen LogP contribution in [0.15, 0.2) is 64.0 Å². The number of hydrogen-bond acceptors (Lipinski definition) is 6. The molecular weight excluding hydrogens is 344 g/mol. The molecule has 0 saturated carbocycles. The first-order valence-corrected chi connectivity index (χ1v) is 9.76. The highest BCUT2D eigenvalue weighted by Gasteiger charge is 2.10. The van der Waals surface area contributed by atoms with Gasteiger partial charge in [-0.05, 0) is 23.6 Å². The fourth-order valence-corrected chi connectivity index (χ4v) is 4.58. The highest BCUT2D eigenvalue weighted by molar-refractivity contribution is 7.98. The molecule has 0 unspecified atom stereocenters. The number of thiophene rings is 1. The van der Waals surface area contributed by atoms with Crippen molar-refractivity contribution in [1.82, 2.24) is 19.7 Å². The molecule has 0 spiro atoms. The smallest absolute Gasteiger partial charge is 0.195 e. The highest BCUT2D eigenvalue weighted by atomic mass is 32.2. The van der Waals surface area contributed by atoms with Gasteiger partial charge in [0.25, 0.3) is 0 Å². The summed E-state index contributed by atoms with van der Waals surface area (Å²) in [5, 5.41) is 16.5. The predicted molar refractivity (Wildman–Crippen MR) is 96.3 cm³/mol. The number of para-hydroxylation sites is 1. The molecule has 3 aromatic heterocycles. The van der Waals surface area contributed by atoms with E-state index >= 15 is 0 Å². The van der Waals surface area contributed by atoms with Gasteiger partial charge in [-0.1, -0.05) is 30.0 Å². The first kappa shape index (κ1) is 14.6. The van der Waals surface area contributed by atoms with Crippen LogP contribution in [0.5, 0.6) is 0 Å².